The van der Waals surface area contributed by atoms with Crippen molar-refractivity contribution in [1.82, 2.24) is 0 Å². The van der Waals surface area contributed by atoms with Gasteiger partial charge in [-0.05, 0) is 6.92 Å². The molecule has 1 aromatic carbocycles. The highest BCUT2D eigenvalue weighted by Crippen LogP contribution is 2.01. The Kier molecular flexibility index (Phi) is 2.39. The lowest BCUT2D eigenvalue weighted by Gasteiger charge is -2.01. The second-order valence-electron chi connectivity index (χ2n) is 2.25. The van der Waals surface area contributed by atoms with Crippen LogP contribution in [0.2, 0.25) is 0 Å². The first kappa shape index (κ1) is 7.95. The molecular weight excluding hydrogens is 140 g/mol. The van der Waals surface area contributed by atoms with Crippen molar-refractivity contribution in [2.24, 2.45) is 0 Å². The molecular formula is C9H9O2. The summed E-state index contributed by atoms with van der Waals surface area (Å²) in [5.74, 6) is -0.342. The summed E-state index contributed by atoms with van der Waals surface area (Å²) in [6, 6.07) is 8.60. The van der Waals surface area contributed by atoms with E-state index in [2.05, 4.69) is 6.92 Å². The molecule has 1 atom stereocenters. The van der Waals surface area contributed by atoms with Crippen LogP contribution in [-0.2, 0) is 0 Å². The monoisotopic (exact) mass is 149 g/mol. The van der Waals surface area contributed by atoms with E-state index < -0.39 is 6.10 Å². The van der Waals surface area contributed by atoms with Crippen LogP contribution in [0.3, 0.4) is 0 Å². The molecule has 0 saturated heterocycles. The molecule has 0 saturated carbocycles. The van der Waals surface area contributed by atoms with Crippen LogP contribution in [-0.4, -0.2) is 17.0 Å². The Morgan fingerprint density at radius 2 is 1.91 bits per heavy atom. The van der Waals surface area contributed by atoms with Gasteiger partial charge in [0.2, 0.25) is 0 Å². The van der Waals surface area contributed by atoms with Crippen molar-refractivity contribution >= 4 is 5.78 Å². The molecule has 0 aromatic heterocycles. The van der Waals surface area contributed by atoms with Crippen LogP contribution in [0.25, 0.3) is 0 Å². The molecule has 0 fully saturated rings. The molecule has 57 valence electrons. The van der Waals surface area contributed by atoms with E-state index in [0.717, 1.165) is 0 Å². The zero-order valence-corrected chi connectivity index (χ0v) is 6.03. The summed E-state index contributed by atoms with van der Waals surface area (Å²) in [6.45, 7) is 3.22. The van der Waals surface area contributed by atoms with E-state index in [-0.39, 0.29) is 5.78 Å². The molecule has 2 heteroatoms. The molecule has 0 spiro atoms. The van der Waals surface area contributed by atoms with Crippen molar-refractivity contribution in [3.05, 3.63) is 42.8 Å². The van der Waals surface area contributed by atoms with E-state index in [1.165, 1.54) is 0 Å². The van der Waals surface area contributed by atoms with Gasteiger partial charge in [0.25, 0.3) is 0 Å². The zero-order valence-electron chi connectivity index (χ0n) is 6.03. The average Bonchev–Trinajstić information content (AvgIpc) is 2.05. The summed E-state index contributed by atoms with van der Waals surface area (Å²) in [7, 11) is 0. The van der Waals surface area contributed by atoms with Gasteiger partial charge in [-0.1, -0.05) is 30.3 Å². The van der Waals surface area contributed by atoms with Gasteiger partial charge in [0.05, 0.1) is 0 Å². The number of benzene rings is 1. The maximum Gasteiger partial charge on any atom is 0.191 e. The molecule has 0 heterocycles. The molecule has 1 aromatic rings. The minimum absolute atomic E-state index is 0.342. The van der Waals surface area contributed by atoms with Crippen molar-refractivity contribution < 1.29 is 9.90 Å². The summed E-state index contributed by atoms with van der Waals surface area (Å²) < 4.78 is 0. The van der Waals surface area contributed by atoms with Gasteiger partial charge < -0.3 is 5.11 Å². The number of hydrogen-bond acceptors (Lipinski definition) is 2. The third kappa shape index (κ3) is 1.88. The number of hydrogen-bond donors (Lipinski definition) is 1. The van der Waals surface area contributed by atoms with Crippen molar-refractivity contribution in [2.75, 3.05) is 0 Å². The highest BCUT2D eigenvalue weighted by atomic mass is 16.3. The number of carbonyl (C=O) groups excluding carboxylic acids is 1. The Labute approximate surface area is 65.5 Å². The van der Waals surface area contributed by atoms with Crippen molar-refractivity contribution in [3.8, 4) is 0 Å². The summed E-state index contributed by atoms with van der Waals surface area (Å²) in [5, 5.41) is 8.81. The number of Topliss-reactive ketones (excluding diaryl/α,β-unsaturated/α-hetero) is 1. The first-order valence-corrected chi connectivity index (χ1v) is 3.32. The SMILES string of the molecule is [CH2]C(O)C(=O)c1ccccc1. The molecule has 1 N–H and O–H groups in total. The fourth-order valence-corrected chi connectivity index (χ4v) is 0.795. The molecule has 1 unspecified atom stereocenters. The topological polar surface area (TPSA) is 37.3 Å². The van der Waals surface area contributed by atoms with E-state index in [1.54, 1.807) is 24.3 Å². The summed E-state index contributed by atoms with van der Waals surface area (Å²) in [6.07, 6.45) is -1.16. The molecule has 0 aliphatic carbocycles. The highest BCUT2D eigenvalue weighted by Gasteiger charge is 2.10. The second kappa shape index (κ2) is 3.30. The molecule has 2 nitrogen and oxygen atoms in total. The summed E-state index contributed by atoms with van der Waals surface area (Å²) in [5.41, 5.74) is 0.495. The van der Waals surface area contributed by atoms with E-state index >= 15 is 0 Å². The van der Waals surface area contributed by atoms with Crippen LogP contribution in [0.5, 0.6) is 0 Å². The minimum atomic E-state index is -1.16. The second-order valence-corrected chi connectivity index (χ2v) is 2.25. The number of ketones is 1. The van der Waals surface area contributed by atoms with Gasteiger partial charge >= 0.3 is 0 Å². The largest absolute Gasteiger partial charge is 0.385 e. The summed E-state index contributed by atoms with van der Waals surface area (Å²) in [4.78, 5) is 11.0. The first-order chi connectivity index (χ1) is 5.22. The molecule has 1 radical (unpaired) electrons. The van der Waals surface area contributed by atoms with Crippen molar-refractivity contribution in [1.29, 1.82) is 0 Å². The number of aliphatic hydroxyl groups is 1. The third-order valence-electron chi connectivity index (χ3n) is 1.36. The molecule has 1 rings (SSSR count). The van der Waals surface area contributed by atoms with E-state index in [4.69, 9.17) is 5.11 Å². The predicted octanol–water partition coefficient (Wildman–Crippen LogP) is 1.06. The Hall–Kier alpha value is -1.15. The average molecular weight is 149 g/mol. The Morgan fingerprint density at radius 3 is 2.36 bits per heavy atom. The van der Waals surface area contributed by atoms with Gasteiger partial charge in [0.1, 0.15) is 6.10 Å². The lowest BCUT2D eigenvalue weighted by Crippen LogP contribution is -2.15. The fraction of sp³-hybridized carbons (Fsp3) is 0.111. The van der Waals surface area contributed by atoms with Crippen LogP contribution < -0.4 is 0 Å². The molecule has 11 heavy (non-hydrogen) atoms. The number of rotatable bonds is 2. The van der Waals surface area contributed by atoms with Crippen molar-refractivity contribution in [2.45, 2.75) is 6.10 Å². The van der Waals surface area contributed by atoms with Gasteiger partial charge in [-0.25, -0.2) is 0 Å². The fourth-order valence-electron chi connectivity index (χ4n) is 0.795. The molecule has 0 bridgehead atoms. The lowest BCUT2D eigenvalue weighted by atomic mass is 10.1. The van der Waals surface area contributed by atoms with Gasteiger partial charge in [-0.2, -0.15) is 0 Å². The Balaban J connectivity index is 2.86. The summed E-state index contributed by atoms with van der Waals surface area (Å²) >= 11 is 0. The third-order valence-corrected chi connectivity index (χ3v) is 1.36. The Bertz CT molecular complexity index is 239. The zero-order chi connectivity index (χ0) is 8.27. The lowest BCUT2D eigenvalue weighted by molar-refractivity contribution is 0.0817. The normalized spacial score (nSPS) is 12.5. The van der Waals surface area contributed by atoms with Crippen molar-refractivity contribution in [3.63, 3.8) is 0 Å². The van der Waals surface area contributed by atoms with Gasteiger partial charge in [-0.3, -0.25) is 4.79 Å². The quantitative estimate of drug-likeness (QED) is 0.638. The van der Waals surface area contributed by atoms with E-state index in [0.29, 0.717) is 5.56 Å². The van der Waals surface area contributed by atoms with Gasteiger partial charge in [0.15, 0.2) is 5.78 Å². The standard InChI is InChI=1S/C9H9O2/c1-7(10)9(11)8-5-3-2-4-6-8/h2-7,10H,1H2. The predicted molar refractivity (Wildman–Crippen MR) is 42.1 cm³/mol. The Morgan fingerprint density at radius 1 is 1.36 bits per heavy atom. The van der Waals surface area contributed by atoms with E-state index in [9.17, 15) is 4.79 Å². The minimum Gasteiger partial charge on any atom is -0.385 e. The molecule has 0 aliphatic heterocycles. The molecule has 0 aliphatic rings. The highest BCUT2D eigenvalue weighted by molar-refractivity contribution is 5.99. The van der Waals surface area contributed by atoms with Crippen LogP contribution in [0.1, 0.15) is 10.4 Å². The van der Waals surface area contributed by atoms with Crippen LogP contribution in [0.4, 0.5) is 0 Å². The number of carbonyl (C=O) groups is 1. The smallest absolute Gasteiger partial charge is 0.191 e. The number of aliphatic hydroxyl groups excluding tert-OH is 1. The van der Waals surface area contributed by atoms with Crippen LogP contribution in [0.15, 0.2) is 30.3 Å². The van der Waals surface area contributed by atoms with E-state index in [1.807, 2.05) is 6.07 Å². The maximum atomic E-state index is 11.0. The molecule has 0 amide bonds. The van der Waals surface area contributed by atoms with Gasteiger partial charge in [0, 0.05) is 5.56 Å². The van der Waals surface area contributed by atoms with Gasteiger partial charge in [-0.15, -0.1) is 0 Å². The van der Waals surface area contributed by atoms with Crippen LogP contribution >= 0.6 is 0 Å². The first-order valence-electron chi connectivity index (χ1n) is 3.32. The van der Waals surface area contributed by atoms with Crippen LogP contribution in [0, 0.1) is 6.92 Å². The maximum absolute atomic E-state index is 11.0.